The quantitative estimate of drug-likeness (QED) is 0.861. The molecule has 0 aromatic carbocycles. The Labute approximate surface area is 125 Å². The Hall–Kier alpha value is -0.470. The van der Waals surface area contributed by atoms with Gasteiger partial charge in [-0.25, -0.2) is 0 Å². The first-order valence-electron chi connectivity index (χ1n) is 6.92. The maximum absolute atomic E-state index is 12.5. The summed E-state index contributed by atoms with van der Waals surface area (Å²) in [5.41, 5.74) is 1.13. The lowest BCUT2D eigenvalue weighted by molar-refractivity contribution is 0.222. The molecule has 1 aliphatic rings. The van der Waals surface area contributed by atoms with Crippen molar-refractivity contribution in [2.75, 3.05) is 32.8 Å². The van der Waals surface area contributed by atoms with Crippen LogP contribution >= 0.6 is 11.3 Å². The Morgan fingerprint density at radius 3 is 2.60 bits per heavy atom. The average molecular weight is 318 g/mol. The second kappa shape index (κ2) is 6.53. The minimum atomic E-state index is -3.41. The molecule has 0 spiro atoms. The van der Waals surface area contributed by atoms with Crippen molar-refractivity contribution < 1.29 is 13.5 Å². The highest BCUT2D eigenvalue weighted by Crippen LogP contribution is 2.35. The first-order valence-corrected chi connectivity index (χ1v) is 9.26. The molecule has 7 heteroatoms. The predicted molar refractivity (Wildman–Crippen MR) is 81.0 cm³/mol. The SMILES string of the molecule is CCN(CC)S(=O)(=O)N1C[C@@H](CO)[C@H](c2ccsc2)C1. The van der Waals surface area contributed by atoms with Crippen LogP contribution in [0.15, 0.2) is 16.8 Å². The van der Waals surface area contributed by atoms with Crippen molar-refractivity contribution in [1.29, 1.82) is 0 Å². The van der Waals surface area contributed by atoms with E-state index in [1.807, 2.05) is 30.7 Å². The van der Waals surface area contributed by atoms with Gasteiger partial charge in [-0.15, -0.1) is 0 Å². The lowest BCUT2D eigenvalue weighted by atomic mass is 9.92. The number of hydrogen-bond donors (Lipinski definition) is 1. The average Bonchev–Trinajstić information content (AvgIpc) is 3.08. The summed E-state index contributed by atoms with van der Waals surface area (Å²) in [6, 6.07) is 2.02. The zero-order chi connectivity index (χ0) is 14.8. The molecule has 1 fully saturated rings. The summed E-state index contributed by atoms with van der Waals surface area (Å²) in [5.74, 6) is 0.0755. The molecule has 1 aliphatic heterocycles. The summed E-state index contributed by atoms with van der Waals surface area (Å²) in [6.45, 7) is 5.51. The number of aliphatic hydroxyl groups is 1. The van der Waals surface area contributed by atoms with Crippen LogP contribution in [0.1, 0.15) is 25.3 Å². The van der Waals surface area contributed by atoms with E-state index in [1.165, 1.54) is 8.61 Å². The molecule has 1 aromatic rings. The molecule has 5 nitrogen and oxygen atoms in total. The van der Waals surface area contributed by atoms with Crippen molar-refractivity contribution in [3.8, 4) is 0 Å². The molecule has 0 bridgehead atoms. The third-order valence-corrected chi connectivity index (χ3v) is 6.79. The first-order chi connectivity index (χ1) is 9.54. The Morgan fingerprint density at radius 2 is 2.10 bits per heavy atom. The minimum absolute atomic E-state index is 0.0186. The van der Waals surface area contributed by atoms with E-state index in [1.54, 1.807) is 11.3 Å². The molecule has 1 saturated heterocycles. The summed E-state index contributed by atoms with van der Waals surface area (Å²) >= 11 is 1.60. The van der Waals surface area contributed by atoms with E-state index in [0.29, 0.717) is 26.2 Å². The Kier molecular flexibility index (Phi) is 5.19. The highest BCUT2D eigenvalue weighted by atomic mass is 32.2. The van der Waals surface area contributed by atoms with E-state index in [0.717, 1.165) is 5.56 Å². The van der Waals surface area contributed by atoms with E-state index >= 15 is 0 Å². The summed E-state index contributed by atoms with van der Waals surface area (Å²) in [4.78, 5) is 0. The number of thiophene rings is 1. The van der Waals surface area contributed by atoms with Gasteiger partial charge in [0.05, 0.1) is 0 Å². The molecular weight excluding hydrogens is 296 g/mol. The molecule has 2 atom stereocenters. The van der Waals surface area contributed by atoms with E-state index < -0.39 is 10.2 Å². The van der Waals surface area contributed by atoms with Gasteiger partial charge in [0.25, 0.3) is 10.2 Å². The van der Waals surface area contributed by atoms with Gasteiger partial charge in [0.2, 0.25) is 0 Å². The molecule has 1 N–H and O–H groups in total. The van der Waals surface area contributed by atoms with Crippen LogP contribution in [0.2, 0.25) is 0 Å². The number of aliphatic hydroxyl groups excluding tert-OH is 1. The van der Waals surface area contributed by atoms with E-state index in [-0.39, 0.29) is 18.4 Å². The van der Waals surface area contributed by atoms with Crippen molar-refractivity contribution in [2.24, 2.45) is 5.92 Å². The van der Waals surface area contributed by atoms with Crippen molar-refractivity contribution in [2.45, 2.75) is 19.8 Å². The van der Waals surface area contributed by atoms with Crippen LogP contribution in [0.25, 0.3) is 0 Å². The third kappa shape index (κ3) is 2.92. The Balaban J connectivity index is 2.20. The molecule has 20 heavy (non-hydrogen) atoms. The zero-order valence-corrected chi connectivity index (χ0v) is 13.5. The molecule has 0 radical (unpaired) electrons. The zero-order valence-electron chi connectivity index (χ0n) is 11.9. The van der Waals surface area contributed by atoms with Gasteiger partial charge < -0.3 is 5.11 Å². The van der Waals surface area contributed by atoms with Gasteiger partial charge in [-0.05, 0) is 22.4 Å². The maximum atomic E-state index is 12.5. The predicted octanol–water partition coefficient (Wildman–Crippen LogP) is 1.34. The molecule has 1 aromatic heterocycles. The molecule has 0 aliphatic carbocycles. The highest BCUT2D eigenvalue weighted by Gasteiger charge is 2.40. The fourth-order valence-corrected chi connectivity index (χ4v) is 5.21. The van der Waals surface area contributed by atoms with E-state index in [2.05, 4.69) is 0 Å². The van der Waals surface area contributed by atoms with E-state index in [9.17, 15) is 13.5 Å². The largest absolute Gasteiger partial charge is 0.396 e. The monoisotopic (exact) mass is 318 g/mol. The van der Waals surface area contributed by atoms with Gasteiger partial charge in [0.1, 0.15) is 0 Å². The van der Waals surface area contributed by atoms with Crippen molar-refractivity contribution in [3.63, 3.8) is 0 Å². The number of rotatable bonds is 6. The standard InChI is InChI=1S/C13H22N2O3S2/c1-3-14(4-2)20(17,18)15-7-12(9-16)13(8-15)11-5-6-19-10-11/h5-6,10,12-13,16H,3-4,7-9H2,1-2H3/t12-,13-/m0/s1. The molecule has 2 rings (SSSR count). The van der Waals surface area contributed by atoms with Crippen LogP contribution in [-0.2, 0) is 10.2 Å². The van der Waals surface area contributed by atoms with Gasteiger partial charge in [-0.1, -0.05) is 13.8 Å². The van der Waals surface area contributed by atoms with Crippen molar-refractivity contribution in [1.82, 2.24) is 8.61 Å². The molecule has 0 amide bonds. The third-order valence-electron chi connectivity index (χ3n) is 3.97. The lowest BCUT2D eigenvalue weighted by Crippen LogP contribution is -2.42. The first kappa shape index (κ1) is 15.9. The topological polar surface area (TPSA) is 60.9 Å². The fraction of sp³-hybridized carbons (Fsp3) is 0.692. The normalized spacial score (nSPS) is 24.6. The Morgan fingerprint density at radius 1 is 1.40 bits per heavy atom. The van der Waals surface area contributed by atoms with Gasteiger partial charge in [-0.3, -0.25) is 0 Å². The summed E-state index contributed by atoms with van der Waals surface area (Å²) < 4.78 is 28.1. The fourth-order valence-electron chi connectivity index (χ4n) is 2.78. The summed E-state index contributed by atoms with van der Waals surface area (Å²) in [7, 11) is -3.41. The van der Waals surface area contributed by atoms with Crippen LogP contribution in [0.4, 0.5) is 0 Å². The smallest absolute Gasteiger partial charge is 0.281 e. The molecule has 2 heterocycles. The van der Waals surface area contributed by atoms with Crippen molar-refractivity contribution >= 4 is 21.5 Å². The summed E-state index contributed by atoms with van der Waals surface area (Å²) in [6.07, 6.45) is 0. The van der Waals surface area contributed by atoms with Gasteiger partial charge in [0.15, 0.2) is 0 Å². The molecule has 0 saturated carbocycles. The number of hydrogen-bond acceptors (Lipinski definition) is 4. The van der Waals surface area contributed by atoms with Crippen LogP contribution in [-0.4, -0.2) is 54.9 Å². The minimum Gasteiger partial charge on any atom is -0.396 e. The molecule has 114 valence electrons. The highest BCUT2D eigenvalue weighted by molar-refractivity contribution is 7.86. The van der Waals surface area contributed by atoms with Crippen LogP contribution in [0.5, 0.6) is 0 Å². The maximum Gasteiger partial charge on any atom is 0.281 e. The molecular formula is C13H22N2O3S2. The van der Waals surface area contributed by atoms with Crippen LogP contribution in [0, 0.1) is 5.92 Å². The van der Waals surface area contributed by atoms with Gasteiger partial charge in [0, 0.05) is 44.6 Å². The van der Waals surface area contributed by atoms with Crippen LogP contribution < -0.4 is 0 Å². The van der Waals surface area contributed by atoms with E-state index in [4.69, 9.17) is 0 Å². The molecule has 0 unspecified atom stereocenters. The van der Waals surface area contributed by atoms with Crippen molar-refractivity contribution in [3.05, 3.63) is 22.4 Å². The summed E-state index contributed by atoms with van der Waals surface area (Å²) in [5, 5.41) is 13.6. The second-order valence-electron chi connectivity index (χ2n) is 5.01. The van der Waals surface area contributed by atoms with Crippen LogP contribution in [0.3, 0.4) is 0 Å². The second-order valence-corrected chi connectivity index (χ2v) is 7.72. The van der Waals surface area contributed by atoms with Gasteiger partial charge >= 0.3 is 0 Å². The van der Waals surface area contributed by atoms with Gasteiger partial charge in [-0.2, -0.15) is 28.4 Å². The number of nitrogens with zero attached hydrogens (tertiary/aromatic N) is 2. The Bertz CT molecular complexity index is 512. The lowest BCUT2D eigenvalue weighted by Gasteiger charge is -2.25.